The second-order valence-corrected chi connectivity index (χ2v) is 7.40. The van der Waals surface area contributed by atoms with E-state index >= 15 is 0 Å². The van der Waals surface area contributed by atoms with Gasteiger partial charge in [0.25, 0.3) is 0 Å². The van der Waals surface area contributed by atoms with Crippen LogP contribution in [0.5, 0.6) is 0 Å². The number of hydrogen-bond acceptors (Lipinski definition) is 2. The number of thioether (sulfide) groups is 1. The molecule has 0 aliphatic carbocycles. The molecular weight excluding hydrogens is 304 g/mol. The molecular formula is C16H23F2N3S. The highest BCUT2D eigenvalue weighted by Gasteiger charge is 2.29. The van der Waals surface area contributed by atoms with Crippen molar-refractivity contribution in [1.82, 2.24) is 10.6 Å². The molecule has 0 bridgehead atoms. The fraction of sp³-hybridized carbons (Fsp3) is 0.562. The fourth-order valence-corrected chi connectivity index (χ4v) is 3.77. The molecule has 2 rings (SSSR count). The van der Waals surface area contributed by atoms with Gasteiger partial charge in [0, 0.05) is 24.9 Å². The van der Waals surface area contributed by atoms with Crippen LogP contribution in [0.15, 0.2) is 23.2 Å². The van der Waals surface area contributed by atoms with Gasteiger partial charge in [-0.25, -0.2) is 8.78 Å². The van der Waals surface area contributed by atoms with Crippen molar-refractivity contribution in [3.8, 4) is 0 Å². The lowest BCUT2D eigenvalue weighted by atomic mass is 10.1. The fourth-order valence-electron chi connectivity index (χ4n) is 2.52. The zero-order valence-corrected chi connectivity index (χ0v) is 13.9. The summed E-state index contributed by atoms with van der Waals surface area (Å²) in [5.41, 5.74) is 0.376. The van der Waals surface area contributed by atoms with Gasteiger partial charge >= 0.3 is 0 Å². The van der Waals surface area contributed by atoms with Gasteiger partial charge in [0.2, 0.25) is 0 Å². The molecule has 0 aromatic heterocycles. The molecule has 0 radical (unpaired) electrons. The van der Waals surface area contributed by atoms with Crippen molar-refractivity contribution >= 4 is 17.7 Å². The molecule has 122 valence electrons. The number of benzene rings is 1. The average molecular weight is 327 g/mol. The number of guanidine groups is 1. The van der Waals surface area contributed by atoms with E-state index in [2.05, 4.69) is 22.5 Å². The van der Waals surface area contributed by atoms with Gasteiger partial charge in [-0.05, 0) is 43.6 Å². The topological polar surface area (TPSA) is 36.4 Å². The Hall–Kier alpha value is -1.30. The summed E-state index contributed by atoms with van der Waals surface area (Å²) in [6.45, 7) is 3.61. The zero-order chi connectivity index (χ0) is 16.0. The molecule has 0 spiro atoms. The third kappa shape index (κ3) is 4.60. The second-order valence-electron chi connectivity index (χ2n) is 5.72. The van der Waals surface area contributed by atoms with Gasteiger partial charge in [0.05, 0.1) is 0 Å². The summed E-state index contributed by atoms with van der Waals surface area (Å²) in [5.74, 6) is 0.349. The number of nitrogens with one attached hydrogen (secondary N) is 2. The predicted octanol–water partition coefficient (Wildman–Crippen LogP) is 2.96. The van der Waals surface area contributed by atoms with Crippen LogP contribution in [-0.4, -0.2) is 36.6 Å². The van der Waals surface area contributed by atoms with Crippen molar-refractivity contribution in [3.05, 3.63) is 35.4 Å². The van der Waals surface area contributed by atoms with Crippen LogP contribution in [0, 0.1) is 11.6 Å². The summed E-state index contributed by atoms with van der Waals surface area (Å²) >= 11 is 1.98. The van der Waals surface area contributed by atoms with Crippen LogP contribution >= 0.6 is 11.8 Å². The van der Waals surface area contributed by atoms with Crippen LogP contribution < -0.4 is 10.6 Å². The van der Waals surface area contributed by atoms with Gasteiger partial charge in [-0.2, -0.15) is 11.8 Å². The standard InChI is InChI=1S/C16H23F2N3S/c1-16(8-4-10-22-16)11-21-15(19-2)20-9-7-12-5-3-6-13(17)14(12)18/h3,5-6H,4,7-11H2,1-2H3,(H2,19,20,21). The number of nitrogens with zero attached hydrogens (tertiary/aromatic N) is 1. The van der Waals surface area contributed by atoms with Crippen LogP contribution in [0.3, 0.4) is 0 Å². The lowest BCUT2D eigenvalue weighted by Crippen LogP contribution is -2.44. The summed E-state index contributed by atoms with van der Waals surface area (Å²) in [7, 11) is 1.71. The predicted molar refractivity (Wildman–Crippen MR) is 89.5 cm³/mol. The summed E-state index contributed by atoms with van der Waals surface area (Å²) in [4.78, 5) is 4.17. The van der Waals surface area contributed by atoms with Gasteiger partial charge in [0.15, 0.2) is 17.6 Å². The van der Waals surface area contributed by atoms with Crippen LogP contribution in [0.25, 0.3) is 0 Å². The minimum absolute atomic E-state index is 0.256. The van der Waals surface area contributed by atoms with Gasteiger partial charge in [-0.3, -0.25) is 4.99 Å². The smallest absolute Gasteiger partial charge is 0.191 e. The monoisotopic (exact) mass is 327 g/mol. The van der Waals surface area contributed by atoms with Crippen molar-refractivity contribution in [2.75, 3.05) is 25.9 Å². The van der Waals surface area contributed by atoms with E-state index in [0.29, 0.717) is 24.5 Å². The van der Waals surface area contributed by atoms with E-state index in [1.54, 1.807) is 13.1 Å². The molecule has 0 saturated carbocycles. The largest absolute Gasteiger partial charge is 0.356 e. The maximum absolute atomic E-state index is 13.6. The van der Waals surface area contributed by atoms with Crippen LogP contribution in [0.2, 0.25) is 0 Å². The molecule has 6 heteroatoms. The number of hydrogen-bond donors (Lipinski definition) is 2. The number of aliphatic imine (C=N–C) groups is 1. The Bertz CT molecular complexity index is 528. The van der Waals surface area contributed by atoms with E-state index in [-0.39, 0.29) is 4.75 Å². The maximum atomic E-state index is 13.6. The van der Waals surface area contributed by atoms with Gasteiger partial charge in [0.1, 0.15) is 0 Å². The molecule has 0 amide bonds. The summed E-state index contributed by atoms with van der Waals surface area (Å²) in [6, 6.07) is 4.26. The zero-order valence-electron chi connectivity index (χ0n) is 13.1. The third-order valence-corrected chi connectivity index (χ3v) is 5.41. The van der Waals surface area contributed by atoms with E-state index < -0.39 is 11.6 Å². The van der Waals surface area contributed by atoms with Crippen LogP contribution in [0.4, 0.5) is 8.78 Å². The third-order valence-electron chi connectivity index (χ3n) is 3.87. The van der Waals surface area contributed by atoms with Crippen LogP contribution in [-0.2, 0) is 6.42 Å². The molecule has 22 heavy (non-hydrogen) atoms. The molecule has 1 aromatic carbocycles. The van der Waals surface area contributed by atoms with E-state index in [4.69, 9.17) is 0 Å². The summed E-state index contributed by atoms with van der Waals surface area (Å²) < 4.78 is 26.9. The molecule has 1 fully saturated rings. The maximum Gasteiger partial charge on any atom is 0.191 e. The molecule has 1 aliphatic rings. The quantitative estimate of drug-likeness (QED) is 0.645. The van der Waals surface area contributed by atoms with Crippen molar-refractivity contribution in [1.29, 1.82) is 0 Å². The first-order valence-electron chi connectivity index (χ1n) is 7.55. The van der Waals surface area contributed by atoms with Gasteiger partial charge in [-0.15, -0.1) is 0 Å². The highest BCUT2D eigenvalue weighted by Crippen LogP contribution is 2.36. The molecule has 1 heterocycles. The highest BCUT2D eigenvalue weighted by molar-refractivity contribution is 8.00. The van der Waals surface area contributed by atoms with Crippen molar-refractivity contribution in [2.24, 2.45) is 4.99 Å². The normalized spacial score (nSPS) is 21.9. The summed E-state index contributed by atoms with van der Waals surface area (Å²) in [6.07, 6.45) is 2.88. The van der Waals surface area contributed by atoms with Crippen LogP contribution in [0.1, 0.15) is 25.3 Å². The van der Waals surface area contributed by atoms with Crippen molar-refractivity contribution in [3.63, 3.8) is 0 Å². The first-order chi connectivity index (χ1) is 10.5. The lowest BCUT2D eigenvalue weighted by molar-refractivity contribution is 0.498. The molecule has 1 unspecified atom stereocenters. The van der Waals surface area contributed by atoms with Crippen molar-refractivity contribution < 1.29 is 8.78 Å². The highest BCUT2D eigenvalue weighted by atomic mass is 32.2. The molecule has 3 nitrogen and oxygen atoms in total. The molecule has 1 aromatic rings. The molecule has 1 atom stereocenters. The van der Waals surface area contributed by atoms with Crippen molar-refractivity contribution in [2.45, 2.75) is 30.9 Å². The molecule has 1 saturated heterocycles. The number of rotatable bonds is 5. The Balaban J connectivity index is 1.78. The van der Waals surface area contributed by atoms with E-state index in [1.807, 2.05) is 11.8 Å². The minimum Gasteiger partial charge on any atom is -0.356 e. The van der Waals surface area contributed by atoms with E-state index in [1.165, 1.54) is 24.7 Å². The Labute approximate surface area is 135 Å². The SMILES string of the molecule is CN=C(NCCc1cccc(F)c1F)NCC1(C)CCCS1. The first-order valence-corrected chi connectivity index (χ1v) is 8.54. The minimum atomic E-state index is -0.800. The van der Waals surface area contributed by atoms with Gasteiger partial charge < -0.3 is 10.6 Å². The first kappa shape index (κ1) is 17.1. The Kier molecular flexibility index (Phi) is 6.06. The molecule has 2 N–H and O–H groups in total. The van der Waals surface area contributed by atoms with E-state index in [9.17, 15) is 8.78 Å². The molecule has 1 aliphatic heterocycles. The van der Waals surface area contributed by atoms with E-state index in [0.717, 1.165) is 12.6 Å². The Morgan fingerprint density at radius 3 is 2.86 bits per heavy atom. The van der Waals surface area contributed by atoms with Gasteiger partial charge in [-0.1, -0.05) is 12.1 Å². The summed E-state index contributed by atoms with van der Waals surface area (Å²) in [5, 5.41) is 6.46. The lowest BCUT2D eigenvalue weighted by Gasteiger charge is -2.24. The number of halogens is 2. The Morgan fingerprint density at radius 2 is 2.18 bits per heavy atom. The Morgan fingerprint density at radius 1 is 1.36 bits per heavy atom. The average Bonchev–Trinajstić information content (AvgIpc) is 2.94. The second kappa shape index (κ2) is 7.81.